The van der Waals surface area contributed by atoms with Gasteiger partial charge in [-0.15, -0.1) is 10.2 Å². The van der Waals surface area contributed by atoms with Crippen molar-refractivity contribution >= 4 is 5.69 Å². The number of hydrogen-bond acceptors (Lipinski definition) is 6. The lowest BCUT2D eigenvalue weighted by atomic mass is 10.1. The van der Waals surface area contributed by atoms with Crippen LogP contribution in [0.5, 0.6) is 0 Å². The molecule has 112 valence electrons. The van der Waals surface area contributed by atoms with Gasteiger partial charge in [-0.2, -0.15) is 0 Å². The molecule has 7 heteroatoms. The van der Waals surface area contributed by atoms with Crippen LogP contribution in [0.4, 0.5) is 5.69 Å². The lowest BCUT2D eigenvalue weighted by Crippen LogP contribution is -2.17. The van der Waals surface area contributed by atoms with Crippen LogP contribution in [0.25, 0.3) is 11.5 Å². The van der Waals surface area contributed by atoms with E-state index in [1.54, 1.807) is 6.07 Å². The van der Waals surface area contributed by atoms with E-state index in [1.165, 1.54) is 12.1 Å². The van der Waals surface area contributed by atoms with Crippen molar-refractivity contribution in [2.24, 2.45) is 0 Å². The zero-order chi connectivity index (χ0) is 15.2. The van der Waals surface area contributed by atoms with Crippen LogP contribution in [0.1, 0.15) is 24.8 Å². The van der Waals surface area contributed by atoms with E-state index in [9.17, 15) is 10.1 Å². The summed E-state index contributed by atoms with van der Waals surface area (Å²) in [7, 11) is 0. The first-order chi connectivity index (χ1) is 10.1. The monoisotopic (exact) mass is 290 g/mol. The molecule has 0 fully saturated rings. The minimum atomic E-state index is -0.436. The highest BCUT2D eigenvalue weighted by atomic mass is 16.6. The number of nitrogens with zero attached hydrogens (tertiary/aromatic N) is 3. The summed E-state index contributed by atoms with van der Waals surface area (Å²) in [4.78, 5) is 10.4. The van der Waals surface area contributed by atoms with Crippen molar-refractivity contribution in [1.82, 2.24) is 15.5 Å². The van der Waals surface area contributed by atoms with Gasteiger partial charge in [0.2, 0.25) is 11.8 Å². The van der Waals surface area contributed by atoms with Gasteiger partial charge in [0.15, 0.2) is 0 Å². The van der Waals surface area contributed by atoms with E-state index < -0.39 is 4.92 Å². The predicted octanol–water partition coefficient (Wildman–Crippen LogP) is 2.50. The van der Waals surface area contributed by atoms with Gasteiger partial charge >= 0.3 is 0 Å². The summed E-state index contributed by atoms with van der Waals surface area (Å²) in [5.41, 5.74) is 1.48. The number of aryl methyl sites for hydroxylation is 1. The number of nitrogens with one attached hydrogen (secondary N) is 1. The van der Waals surface area contributed by atoms with Crippen LogP contribution in [-0.4, -0.2) is 28.2 Å². The Kier molecular flexibility index (Phi) is 4.99. The van der Waals surface area contributed by atoms with Gasteiger partial charge in [-0.3, -0.25) is 10.1 Å². The average molecular weight is 290 g/mol. The van der Waals surface area contributed by atoms with E-state index in [0.29, 0.717) is 23.8 Å². The summed E-state index contributed by atoms with van der Waals surface area (Å²) >= 11 is 0. The molecule has 0 radical (unpaired) electrons. The third-order valence-corrected chi connectivity index (χ3v) is 3.07. The molecule has 2 rings (SSSR count). The smallest absolute Gasteiger partial charge is 0.270 e. The van der Waals surface area contributed by atoms with Gasteiger partial charge in [0.1, 0.15) is 0 Å². The van der Waals surface area contributed by atoms with Crippen molar-refractivity contribution in [2.45, 2.75) is 26.7 Å². The molecule has 2 aromatic rings. The Bertz CT molecular complexity index is 624. The summed E-state index contributed by atoms with van der Waals surface area (Å²) < 4.78 is 5.58. The normalized spacial score (nSPS) is 10.8. The van der Waals surface area contributed by atoms with Crippen LogP contribution in [0, 0.1) is 17.0 Å². The molecule has 0 unspecified atom stereocenters. The van der Waals surface area contributed by atoms with E-state index >= 15 is 0 Å². The molecule has 7 nitrogen and oxygen atoms in total. The largest absolute Gasteiger partial charge is 0.421 e. The van der Waals surface area contributed by atoms with Gasteiger partial charge < -0.3 is 9.73 Å². The van der Waals surface area contributed by atoms with Gasteiger partial charge in [-0.05, 0) is 25.5 Å². The second-order valence-corrected chi connectivity index (χ2v) is 4.76. The first-order valence-electron chi connectivity index (χ1n) is 6.90. The number of nitro benzene ring substituents is 1. The lowest BCUT2D eigenvalue weighted by Gasteiger charge is -2.01. The minimum Gasteiger partial charge on any atom is -0.421 e. The summed E-state index contributed by atoms with van der Waals surface area (Å²) in [6, 6.07) is 4.60. The molecule has 21 heavy (non-hydrogen) atoms. The number of aromatic nitrogens is 2. The Morgan fingerprint density at radius 2 is 2.14 bits per heavy atom. The Hall–Kier alpha value is -2.28. The van der Waals surface area contributed by atoms with Gasteiger partial charge in [-0.1, -0.05) is 13.0 Å². The molecule has 0 spiro atoms. The predicted molar refractivity (Wildman–Crippen MR) is 78.0 cm³/mol. The molecular weight excluding hydrogens is 272 g/mol. The molecule has 1 heterocycles. The molecule has 0 saturated heterocycles. The van der Waals surface area contributed by atoms with Crippen molar-refractivity contribution in [2.75, 3.05) is 13.1 Å². The van der Waals surface area contributed by atoms with Gasteiger partial charge in [0.05, 0.1) is 4.92 Å². The highest BCUT2D eigenvalue weighted by Gasteiger charge is 2.15. The van der Waals surface area contributed by atoms with Gasteiger partial charge in [0, 0.05) is 30.7 Å². The molecule has 1 aromatic heterocycles. The maximum atomic E-state index is 10.8. The van der Waals surface area contributed by atoms with Crippen LogP contribution < -0.4 is 5.32 Å². The quantitative estimate of drug-likeness (QED) is 0.478. The van der Waals surface area contributed by atoms with Crippen molar-refractivity contribution in [3.05, 3.63) is 39.8 Å². The Morgan fingerprint density at radius 1 is 1.33 bits per heavy atom. The second kappa shape index (κ2) is 6.94. The molecule has 1 aromatic carbocycles. The number of nitro groups is 1. The Balaban J connectivity index is 2.13. The van der Waals surface area contributed by atoms with Crippen LogP contribution in [0.15, 0.2) is 22.6 Å². The molecule has 1 N–H and O–H groups in total. The third kappa shape index (κ3) is 3.85. The molecular formula is C14H18N4O3. The highest BCUT2D eigenvalue weighted by Crippen LogP contribution is 2.26. The second-order valence-electron chi connectivity index (χ2n) is 4.76. The molecule has 0 aliphatic rings. The third-order valence-electron chi connectivity index (χ3n) is 3.07. The van der Waals surface area contributed by atoms with Crippen molar-refractivity contribution in [1.29, 1.82) is 0 Å². The Labute approximate surface area is 122 Å². The summed E-state index contributed by atoms with van der Waals surface area (Å²) in [6.07, 6.45) is 1.71. The fourth-order valence-electron chi connectivity index (χ4n) is 1.91. The van der Waals surface area contributed by atoms with Crippen molar-refractivity contribution < 1.29 is 9.34 Å². The van der Waals surface area contributed by atoms with E-state index in [1.807, 2.05) is 6.92 Å². The van der Waals surface area contributed by atoms with E-state index in [4.69, 9.17) is 4.42 Å². The highest BCUT2D eigenvalue weighted by molar-refractivity contribution is 5.62. The first kappa shape index (κ1) is 15.1. The van der Waals surface area contributed by atoms with E-state index in [2.05, 4.69) is 22.4 Å². The summed E-state index contributed by atoms with van der Waals surface area (Å²) in [6.45, 7) is 5.67. The first-order valence-corrected chi connectivity index (χ1v) is 6.90. The van der Waals surface area contributed by atoms with Crippen LogP contribution in [0.3, 0.4) is 0 Å². The zero-order valence-corrected chi connectivity index (χ0v) is 12.1. The maximum Gasteiger partial charge on any atom is 0.270 e. The molecule has 0 aliphatic heterocycles. The SMILES string of the molecule is CCCNCCc1nnc(-c2cc([N+](=O)[O-])ccc2C)o1. The summed E-state index contributed by atoms with van der Waals surface area (Å²) in [5.74, 6) is 0.848. The van der Waals surface area contributed by atoms with Crippen LogP contribution in [-0.2, 0) is 6.42 Å². The number of non-ortho nitro benzene ring substituents is 1. The number of hydrogen-bond donors (Lipinski definition) is 1. The summed E-state index contributed by atoms with van der Waals surface area (Å²) in [5, 5.41) is 22.0. The molecule has 0 bridgehead atoms. The number of benzene rings is 1. The fourth-order valence-corrected chi connectivity index (χ4v) is 1.91. The molecule has 0 saturated carbocycles. The van der Waals surface area contributed by atoms with Gasteiger partial charge in [0.25, 0.3) is 5.69 Å². The minimum absolute atomic E-state index is 0.0139. The van der Waals surface area contributed by atoms with E-state index in [-0.39, 0.29) is 5.69 Å². The topological polar surface area (TPSA) is 94.1 Å². The fraction of sp³-hybridized carbons (Fsp3) is 0.429. The molecule has 0 aliphatic carbocycles. The molecule has 0 atom stereocenters. The van der Waals surface area contributed by atoms with Crippen LogP contribution >= 0.6 is 0 Å². The standard InChI is InChI=1S/C14H18N4O3/c1-3-7-15-8-6-13-16-17-14(21-13)12-9-11(18(19)20)5-4-10(12)2/h4-5,9,15H,3,6-8H2,1-2H3. The Morgan fingerprint density at radius 3 is 2.86 bits per heavy atom. The van der Waals surface area contributed by atoms with Gasteiger partial charge in [-0.25, -0.2) is 0 Å². The number of rotatable bonds is 7. The van der Waals surface area contributed by atoms with E-state index in [0.717, 1.165) is 25.1 Å². The maximum absolute atomic E-state index is 10.8. The average Bonchev–Trinajstić information content (AvgIpc) is 2.92. The zero-order valence-electron chi connectivity index (χ0n) is 12.1. The van der Waals surface area contributed by atoms with Crippen molar-refractivity contribution in [3.8, 4) is 11.5 Å². The molecule has 0 amide bonds. The lowest BCUT2D eigenvalue weighted by molar-refractivity contribution is -0.384. The van der Waals surface area contributed by atoms with Crippen molar-refractivity contribution in [3.63, 3.8) is 0 Å². The van der Waals surface area contributed by atoms with Crippen LogP contribution in [0.2, 0.25) is 0 Å².